The van der Waals surface area contributed by atoms with Crippen molar-refractivity contribution in [2.24, 2.45) is 0 Å². The number of rotatable bonds is 7. The lowest BCUT2D eigenvalue weighted by atomic mass is 10.1. The zero-order chi connectivity index (χ0) is 22.5. The minimum Gasteiger partial charge on any atom is -0.493 e. The van der Waals surface area contributed by atoms with Crippen LogP contribution in [0.2, 0.25) is 0 Å². The van der Waals surface area contributed by atoms with Gasteiger partial charge in [-0.2, -0.15) is 4.98 Å². The van der Waals surface area contributed by atoms with Gasteiger partial charge < -0.3 is 20.1 Å². The van der Waals surface area contributed by atoms with Crippen molar-refractivity contribution in [2.75, 3.05) is 24.9 Å². The van der Waals surface area contributed by atoms with Crippen molar-refractivity contribution >= 4 is 34.0 Å². The summed E-state index contributed by atoms with van der Waals surface area (Å²) in [5.74, 6) is 4.94. The number of methoxy groups -OCH3 is 2. The summed E-state index contributed by atoms with van der Waals surface area (Å²) in [6.07, 6.45) is 6.51. The van der Waals surface area contributed by atoms with E-state index in [0.717, 1.165) is 28.7 Å². The first-order valence-electron chi connectivity index (χ1n) is 10.3. The Kier molecular flexibility index (Phi) is 6.09. The smallest absolute Gasteiger partial charge is 0.229 e. The lowest BCUT2D eigenvalue weighted by molar-refractivity contribution is 0.356. The molecular weight excluding hydrogens is 400 g/mol. The van der Waals surface area contributed by atoms with Gasteiger partial charge in [0.15, 0.2) is 11.5 Å². The number of aryl methyl sites for hydroxylation is 1. The molecule has 0 fully saturated rings. The molecule has 3 aromatic carbocycles. The summed E-state index contributed by atoms with van der Waals surface area (Å²) in [5, 5.41) is 7.49. The molecule has 0 unspecified atom stereocenters. The molecule has 0 saturated heterocycles. The molecule has 1 aromatic heterocycles. The SMILES string of the molecule is C#Cc1cccc(Nc2nc(Nc3cccc(CC)c3)nc3cc(OC)c(OC)cc23)c1. The van der Waals surface area contributed by atoms with Crippen LogP contribution in [0.25, 0.3) is 10.9 Å². The van der Waals surface area contributed by atoms with E-state index in [1.54, 1.807) is 14.2 Å². The Balaban J connectivity index is 1.83. The number of aromatic nitrogens is 2. The van der Waals surface area contributed by atoms with Crippen LogP contribution in [-0.2, 0) is 6.42 Å². The van der Waals surface area contributed by atoms with Gasteiger partial charge in [0, 0.05) is 28.4 Å². The highest BCUT2D eigenvalue weighted by Crippen LogP contribution is 2.36. The number of anilines is 4. The van der Waals surface area contributed by atoms with Crippen molar-refractivity contribution in [2.45, 2.75) is 13.3 Å². The fourth-order valence-corrected chi connectivity index (χ4v) is 3.43. The van der Waals surface area contributed by atoms with E-state index in [-0.39, 0.29) is 0 Å². The van der Waals surface area contributed by atoms with Gasteiger partial charge in [0.05, 0.1) is 19.7 Å². The highest BCUT2D eigenvalue weighted by molar-refractivity contribution is 5.94. The number of hydrogen-bond acceptors (Lipinski definition) is 6. The summed E-state index contributed by atoms with van der Waals surface area (Å²) in [6.45, 7) is 2.12. The molecule has 0 aliphatic carbocycles. The van der Waals surface area contributed by atoms with E-state index in [4.69, 9.17) is 25.9 Å². The highest BCUT2D eigenvalue weighted by Gasteiger charge is 2.14. The molecule has 2 N–H and O–H groups in total. The molecule has 0 amide bonds. The van der Waals surface area contributed by atoms with Crippen LogP contribution in [0.4, 0.5) is 23.1 Å². The Morgan fingerprint density at radius 3 is 2.31 bits per heavy atom. The predicted molar refractivity (Wildman–Crippen MR) is 129 cm³/mol. The molecule has 0 atom stereocenters. The number of ether oxygens (including phenoxy) is 2. The minimum absolute atomic E-state index is 0.466. The van der Waals surface area contributed by atoms with E-state index in [2.05, 4.69) is 35.6 Å². The predicted octanol–water partition coefficient (Wildman–Crippen LogP) is 5.68. The summed E-state index contributed by atoms with van der Waals surface area (Å²) < 4.78 is 11.0. The molecule has 4 aromatic rings. The number of nitrogens with zero attached hydrogens (tertiary/aromatic N) is 2. The topological polar surface area (TPSA) is 68.3 Å². The zero-order valence-corrected chi connectivity index (χ0v) is 18.3. The molecule has 0 radical (unpaired) electrons. The Hall–Kier alpha value is -4.24. The Morgan fingerprint density at radius 1 is 0.875 bits per heavy atom. The summed E-state index contributed by atoms with van der Waals surface area (Å²) in [6, 6.07) is 19.5. The van der Waals surface area contributed by atoms with E-state index in [1.807, 2.05) is 48.5 Å². The number of fused-ring (bicyclic) bond motifs is 1. The van der Waals surface area contributed by atoms with E-state index >= 15 is 0 Å². The number of benzene rings is 3. The largest absolute Gasteiger partial charge is 0.493 e. The molecule has 32 heavy (non-hydrogen) atoms. The normalized spacial score (nSPS) is 10.4. The molecule has 0 aliphatic rings. The van der Waals surface area contributed by atoms with Gasteiger partial charge in [0.1, 0.15) is 5.82 Å². The van der Waals surface area contributed by atoms with Crippen molar-refractivity contribution in [3.8, 4) is 23.8 Å². The maximum atomic E-state index is 5.56. The second-order valence-corrected chi connectivity index (χ2v) is 7.15. The van der Waals surface area contributed by atoms with Crippen LogP contribution in [-0.4, -0.2) is 24.2 Å². The first-order chi connectivity index (χ1) is 15.6. The molecule has 0 bridgehead atoms. The first kappa shape index (κ1) is 21.0. The van der Waals surface area contributed by atoms with Gasteiger partial charge in [-0.05, 0) is 48.4 Å². The minimum atomic E-state index is 0.466. The zero-order valence-electron chi connectivity index (χ0n) is 18.3. The van der Waals surface area contributed by atoms with Crippen LogP contribution in [0, 0.1) is 12.3 Å². The summed E-state index contributed by atoms with van der Waals surface area (Å²) in [4.78, 5) is 9.47. The van der Waals surface area contributed by atoms with Crippen molar-refractivity contribution in [3.63, 3.8) is 0 Å². The average molecular weight is 425 g/mol. The van der Waals surface area contributed by atoms with E-state index in [9.17, 15) is 0 Å². The molecular formula is C26H24N4O2. The number of hydrogen-bond donors (Lipinski definition) is 2. The van der Waals surface area contributed by atoms with E-state index < -0.39 is 0 Å². The average Bonchev–Trinajstić information content (AvgIpc) is 2.83. The van der Waals surface area contributed by atoms with Gasteiger partial charge >= 0.3 is 0 Å². The molecule has 0 aliphatic heterocycles. The first-order valence-corrected chi connectivity index (χ1v) is 10.3. The Labute approximate surface area is 187 Å². The summed E-state index contributed by atoms with van der Waals surface area (Å²) >= 11 is 0. The van der Waals surface area contributed by atoms with Gasteiger partial charge in [0.2, 0.25) is 5.95 Å². The van der Waals surface area contributed by atoms with Crippen LogP contribution in [0.15, 0.2) is 60.7 Å². The quantitative estimate of drug-likeness (QED) is 0.372. The van der Waals surface area contributed by atoms with Crippen molar-refractivity contribution in [1.82, 2.24) is 9.97 Å². The molecule has 160 valence electrons. The third kappa shape index (κ3) is 4.42. The van der Waals surface area contributed by atoms with Gasteiger partial charge in [-0.25, -0.2) is 4.98 Å². The van der Waals surface area contributed by atoms with Gasteiger partial charge in [0.25, 0.3) is 0 Å². The lowest BCUT2D eigenvalue weighted by Gasteiger charge is -2.15. The maximum absolute atomic E-state index is 5.56. The molecule has 0 saturated carbocycles. The maximum Gasteiger partial charge on any atom is 0.229 e. The van der Waals surface area contributed by atoms with Crippen LogP contribution in [0.3, 0.4) is 0 Å². The van der Waals surface area contributed by atoms with Crippen molar-refractivity contribution in [1.29, 1.82) is 0 Å². The fourth-order valence-electron chi connectivity index (χ4n) is 3.43. The molecule has 4 rings (SSSR count). The monoisotopic (exact) mass is 424 g/mol. The highest BCUT2D eigenvalue weighted by atomic mass is 16.5. The summed E-state index contributed by atoms with van der Waals surface area (Å²) in [5.41, 5.74) is 4.47. The second-order valence-electron chi connectivity index (χ2n) is 7.15. The molecule has 1 heterocycles. The molecule has 6 nitrogen and oxygen atoms in total. The standard InChI is InChI=1S/C26H24N4O2/c1-5-17-9-7-11-19(13-17)27-25-21-15-23(31-3)24(32-4)16-22(21)29-26(30-25)28-20-12-8-10-18(6-2)14-20/h1,7-16H,6H2,2-4H3,(H2,27,28,29,30). The van der Waals surface area contributed by atoms with Crippen LogP contribution in [0.1, 0.15) is 18.1 Å². The Morgan fingerprint density at radius 2 is 1.59 bits per heavy atom. The van der Waals surface area contributed by atoms with Crippen LogP contribution >= 0.6 is 0 Å². The van der Waals surface area contributed by atoms with Crippen LogP contribution < -0.4 is 20.1 Å². The van der Waals surface area contributed by atoms with E-state index in [0.29, 0.717) is 28.8 Å². The van der Waals surface area contributed by atoms with Crippen molar-refractivity contribution < 1.29 is 9.47 Å². The molecule has 6 heteroatoms. The van der Waals surface area contributed by atoms with Gasteiger partial charge in [-0.3, -0.25) is 0 Å². The third-order valence-corrected chi connectivity index (χ3v) is 5.08. The van der Waals surface area contributed by atoms with E-state index in [1.165, 1.54) is 5.56 Å². The van der Waals surface area contributed by atoms with Gasteiger partial charge in [-0.15, -0.1) is 6.42 Å². The summed E-state index contributed by atoms with van der Waals surface area (Å²) in [7, 11) is 3.20. The fraction of sp³-hybridized carbons (Fsp3) is 0.154. The van der Waals surface area contributed by atoms with Crippen LogP contribution in [0.5, 0.6) is 11.5 Å². The second kappa shape index (κ2) is 9.27. The van der Waals surface area contributed by atoms with Crippen molar-refractivity contribution in [3.05, 3.63) is 71.8 Å². The van der Waals surface area contributed by atoms with Gasteiger partial charge in [-0.1, -0.05) is 31.0 Å². The number of nitrogens with one attached hydrogen (secondary N) is 2. The molecule has 0 spiro atoms. The third-order valence-electron chi connectivity index (χ3n) is 5.08. The lowest BCUT2D eigenvalue weighted by Crippen LogP contribution is -2.03. The Bertz CT molecular complexity index is 1310. The number of terminal acetylenes is 1.